The zero-order valence-corrected chi connectivity index (χ0v) is 27.7. The molecule has 48 heavy (non-hydrogen) atoms. The first-order valence-electron chi connectivity index (χ1n) is 15.9. The van der Waals surface area contributed by atoms with E-state index < -0.39 is 24.9 Å². The Morgan fingerprint density at radius 3 is 2.04 bits per heavy atom. The van der Waals surface area contributed by atoms with Crippen molar-refractivity contribution in [1.29, 1.82) is 0 Å². The first-order chi connectivity index (χ1) is 23.0. The Balaban J connectivity index is 1.28. The molecule has 6 rings (SSSR count). The van der Waals surface area contributed by atoms with Gasteiger partial charge < -0.3 is 19.6 Å². The number of aryl methyl sites for hydroxylation is 1. The van der Waals surface area contributed by atoms with E-state index >= 15 is 0 Å². The number of hydrogen-bond donors (Lipinski definition) is 2. The molecule has 0 aliphatic carbocycles. The number of piperidine rings is 1. The van der Waals surface area contributed by atoms with Gasteiger partial charge in [0.1, 0.15) is 5.66 Å². The quantitative estimate of drug-likeness (QED) is 0.104. The molecule has 0 aromatic heterocycles. The minimum Gasteiger partial charge on any atom is -0.339 e. The number of hydrogen-bond acceptors (Lipinski definition) is 4. The van der Waals surface area contributed by atoms with Crippen LogP contribution in [0.2, 0.25) is 0 Å². The number of carbonyl (C=O) groups excluding carboxylic acids is 3. The van der Waals surface area contributed by atoms with Crippen molar-refractivity contribution < 1.29 is 28.7 Å². The summed E-state index contributed by atoms with van der Waals surface area (Å²) in [6, 6.07) is 30.3. The Bertz CT molecular complexity index is 2090. The molecule has 0 bridgehead atoms. The Morgan fingerprint density at radius 2 is 1.40 bits per heavy atom. The van der Waals surface area contributed by atoms with Gasteiger partial charge in [0.2, 0.25) is 5.91 Å². The fourth-order valence-corrected chi connectivity index (χ4v) is 7.54. The van der Waals surface area contributed by atoms with Gasteiger partial charge in [0.15, 0.2) is 5.78 Å². The lowest BCUT2D eigenvalue weighted by Gasteiger charge is -2.36. The summed E-state index contributed by atoms with van der Waals surface area (Å²) in [5.41, 5.74) is 0.533. The third kappa shape index (κ3) is 6.87. The number of ketones is 1. The fraction of sp³-hybridized carbons (Fsp3) is 0.205. The molecule has 0 radical (unpaired) electrons. The van der Waals surface area contributed by atoms with E-state index in [1.165, 1.54) is 0 Å². The Labute approximate surface area is 279 Å². The van der Waals surface area contributed by atoms with Crippen LogP contribution in [0.25, 0.3) is 27.6 Å². The predicted octanol–water partition coefficient (Wildman–Crippen LogP) is 7.18. The highest BCUT2D eigenvalue weighted by Gasteiger charge is 2.40. The van der Waals surface area contributed by atoms with Crippen molar-refractivity contribution in [2.24, 2.45) is 0 Å². The van der Waals surface area contributed by atoms with Gasteiger partial charge in [0.05, 0.1) is 5.56 Å². The van der Waals surface area contributed by atoms with Crippen LogP contribution in [0.3, 0.4) is 0 Å². The van der Waals surface area contributed by atoms with Crippen LogP contribution >= 0.6 is 7.60 Å². The number of likely N-dealkylation sites (tertiary alicyclic amines) is 1. The topological polar surface area (TPSA) is 115 Å². The Morgan fingerprint density at radius 1 is 0.812 bits per heavy atom. The first kappa shape index (κ1) is 33.0. The summed E-state index contributed by atoms with van der Waals surface area (Å²) in [7, 11) is -3.37. The van der Waals surface area contributed by atoms with Gasteiger partial charge in [0, 0.05) is 37.8 Å². The highest BCUT2D eigenvalue weighted by atomic mass is 31.2. The number of amides is 2. The summed E-state index contributed by atoms with van der Waals surface area (Å²) in [6.07, 6.45) is 4.46. The van der Waals surface area contributed by atoms with E-state index in [0.717, 1.165) is 21.9 Å². The Kier molecular flexibility index (Phi) is 9.42. The molecule has 5 aromatic carbocycles. The number of nitrogens with zero attached hydrogens (tertiary/aromatic N) is 2. The van der Waals surface area contributed by atoms with Crippen LogP contribution in [0.1, 0.15) is 55.9 Å². The van der Waals surface area contributed by atoms with Crippen LogP contribution < -0.4 is 0 Å². The van der Waals surface area contributed by atoms with E-state index in [-0.39, 0.29) is 28.6 Å². The minimum absolute atomic E-state index is 0.0411. The van der Waals surface area contributed by atoms with E-state index in [4.69, 9.17) is 0 Å². The lowest BCUT2D eigenvalue weighted by Crippen LogP contribution is -2.47. The fourth-order valence-electron chi connectivity index (χ4n) is 6.51. The van der Waals surface area contributed by atoms with Crippen molar-refractivity contribution in [2.45, 2.75) is 31.5 Å². The molecule has 2 N–H and O–H groups in total. The lowest BCUT2D eigenvalue weighted by atomic mass is 9.91. The smallest absolute Gasteiger partial charge is 0.339 e. The van der Waals surface area contributed by atoms with Crippen LogP contribution in [0, 0.1) is 6.92 Å². The normalized spacial score (nSPS) is 14.8. The van der Waals surface area contributed by atoms with Crippen LogP contribution in [-0.4, -0.2) is 63.4 Å². The van der Waals surface area contributed by atoms with Gasteiger partial charge in [-0.2, -0.15) is 0 Å². The third-order valence-corrected chi connectivity index (χ3v) is 10.4. The number of carbonyl (C=O) groups is 3. The van der Waals surface area contributed by atoms with Crippen molar-refractivity contribution in [2.75, 3.05) is 20.1 Å². The molecule has 8 nitrogen and oxygen atoms in total. The summed E-state index contributed by atoms with van der Waals surface area (Å²) in [5.74, 6) is -1.33. The van der Waals surface area contributed by atoms with Gasteiger partial charge in [0.25, 0.3) is 5.91 Å². The van der Waals surface area contributed by atoms with Crippen molar-refractivity contribution in [3.63, 3.8) is 0 Å². The molecular formula is C39H37N2O6P. The second-order valence-corrected chi connectivity index (χ2v) is 14.1. The summed E-state index contributed by atoms with van der Waals surface area (Å²) >= 11 is 0. The number of rotatable bonds is 8. The van der Waals surface area contributed by atoms with Gasteiger partial charge in [-0.1, -0.05) is 96.6 Å². The molecule has 9 heteroatoms. The maximum atomic E-state index is 14.4. The van der Waals surface area contributed by atoms with Crippen molar-refractivity contribution in [3.05, 3.63) is 137 Å². The molecule has 0 spiro atoms. The maximum Gasteiger partial charge on any atom is 0.340 e. The molecule has 1 fully saturated rings. The Hall–Kier alpha value is -4.88. The maximum absolute atomic E-state index is 14.4. The third-order valence-electron chi connectivity index (χ3n) is 9.22. The predicted molar refractivity (Wildman–Crippen MR) is 189 cm³/mol. The number of Topliss-reactive ketones (excluding diaryl/α,β-unsaturated/α-hetero) is 1. The van der Waals surface area contributed by atoms with Gasteiger partial charge in [-0.3, -0.25) is 18.9 Å². The molecular weight excluding hydrogens is 623 g/mol. The van der Waals surface area contributed by atoms with Crippen molar-refractivity contribution >= 4 is 52.8 Å². The van der Waals surface area contributed by atoms with E-state index in [2.05, 4.69) is 0 Å². The summed E-state index contributed by atoms with van der Waals surface area (Å²) in [4.78, 5) is 66.1. The van der Waals surface area contributed by atoms with Crippen LogP contribution in [0.4, 0.5) is 0 Å². The van der Waals surface area contributed by atoms with Gasteiger partial charge in [-0.15, -0.1) is 0 Å². The lowest BCUT2D eigenvalue weighted by molar-refractivity contribution is -0.127. The van der Waals surface area contributed by atoms with E-state index in [9.17, 15) is 28.7 Å². The SMILES string of the molecule is Cc1ccc(/C=C/C(=O)N2CCC(N(C)C(=O)c3cc4ccccc4cc3C(=O)C(c3cccc4ccccc34)P(=O)(O)O)CC2)cc1. The van der Waals surface area contributed by atoms with Crippen LogP contribution in [0.5, 0.6) is 0 Å². The average Bonchev–Trinajstić information content (AvgIpc) is 3.09. The molecule has 244 valence electrons. The van der Waals surface area contributed by atoms with E-state index in [1.807, 2.05) is 61.5 Å². The average molecular weight is 661 g/mol. The van der Waals surface area contributed by atoms with Gasteiger partial charge in [-0.25, -0.2) is 0 Å². The largest absolute Gasteiger partial charge is 0.340 e. The molecule has 1 heterocycles. The molecule has 1 aliphatic rings. The highest BCUT2D eigenvalue weighted by Crippen LogP contribution is 2.55. The molecule has 0 saturated carbocycles. The zero-order chi connectivity index (χ0) is 34.0. The van der Waals surface area contributed by atoms with Crippen LogP contribution in [0.15, 0.2) is 109 Å². The van der Waals surface area contributed by atoms with E-state index in [1.54, 1.807) is 77.5 Å². The van der Waals surface area contributed by atoms with Crippen molar-refractivity contribution in [3.8, 4) is 0 Å². The molecule has 1 aliphatic heterocycles. The minimum atomic E-state index is -5.05. The summed E-state index contributed by atoms with van der Waals surface area (Å²) in [5, 5.41) is 2.70. The van der Waals surface area contributed by atoms with Gasteiger partial charge >= 0.3 is 7.60 Å². The van der Waals surface area contributed by atoms with Crippen molar-refractivity contribution in [1.82, 2.24) is 9.80 Å². The standard InChI is InChI=1S/C39H37N2O6P/c1-26-14-16-27(17-15-26)18-19-36(42)41-22-20-31(21-23-41)40(2)39(44)35-25-30-10-4-3-9-29(30)24-34(35)37(43)38(48(45,46)47)33-13-7-11-28-8-5-6-12-32(28)33/h3-19,24-25,31,38H,20-23H2,1-2H3,(H2,45,46,47)/b19-18+. The number of benzene rings is 5. The second-order valence-electron chi connectivity index (χ2n) is 12.4. The first-order valence-corrected chi connectivity index (χ1v) is 17.6. The molecule has 1 saturated heterocycles. The monoisotopic (exact) mass is 660 g/mol. The molecule has 2 amide bonds. The summed E-state index contributed by atoms with van der Waals surface area (Å²) in [6.45, 7) is 2.93. The molecule has 5 aromatic rings. The number of fused-ring (bicyclic) bond motifs is 2. The summed E-state index contributed by atoms with van der Waals surface area (Å²) < 4.78 is 13.1. The van der Waals surface area contributed by atoms with E-state index in [0.29, 0.717) is 36.7 Å². The molecule has 1 unspecified atom stereocenters. The zero-order valence-electron chi connectivity index (χ0n) is 26.8. The van der Waals surface area contributed by atoms with Gasteiger partial charge in [-0.05, 0) is 70.6 Å². The van der Waals surface area contributed by atoms with Crippen LogP contribution in [-0.2, 0) is 9.36 Å². The highest BCUT2D eigenvalue weighted by molar-refractivity contribution is 7.53. The second kappa shape index (κ2) is 13.7. The molecule has 1 atom stereocenters.